The van der Waals surface area contributed by atoms with E-state index in [4.69, 9.17) is 14.2 Å². The highest BCUT2D eigenvalue weighted by Gasteiger charge is 2.28. The zero-order chi connectivity index (χ0) is 19.4. The van der Waals surface area contributed by atoms with Crippen LogP contribution in [0.1, 0.15) is 19.4 Å². The first-order chi connectivity index (χ1) is 13.0. The number of nitrogens with zero attached hydrogens (tertiary/aromatic N) is 2. The molecule has 148 valence electrons. The average molecular weight is 377 g/mol. The topological polar surface area (TPSA) is 80.3 Å². The SMILES string of the molecule is COC(=O)C(NC(=O)N1CCN(Cc2ccc3c(c2)OCO3)CC1)C(C)C. The summed E-state index contributed by atoms with van der Waals surface area (Å²) in [5, 5.41) is 2.79. The molecule has 2 heterocycles. The Morgan fingerprint density at radius 1 is 1.15 bits per heavy atom. The lowest BCUT2D eigenvalue weighted by atomic mass is 10.1. The number of fused-ring (bicyclic) bond motifs is 1. The van der Waals surface area contributed by atoms with Crippen LogP contribution in [-0.4, -0.2) is 67.9 Å². The normalized spacial score (nSPS) is 17.7. The van der Waals surface area contributed by atoms with Gasteiger partial charge in [0.15, 0.2) is 11.5 Å². The standard InChI is InChI=1S/C19H27N3O5/c1-13(2)17(18(23)25-3)20-19(24)22-8-6-21(7-9-22)11-14-4-5-15-16(10-14)27-12-26-15/h4-5,10,13,17H,6-9,11-12H2,1-3H3,(H,20,24). The van der Waals surface area contributed by atoms with E-state index in [9.17, 15) is 9.59 Å². The molecule has 1 aromatic rings. The van der Waals surface area contributed by atoms with Crippen LogP contribution in [0, 0.1) is 5.92 Å². The summed E-state index contributed by atoms with van der Waals surface area (Å²) in [6, 6.07) is 5.12. The molecule has 0 aliphatic carbocycles. The van der Waals surface area contributed by atoms with Gasteiger partial charge in [-0.05, 0) is 23.6 Å². The lowest BCUT2D eigenvalue weighted by Gasteiger charge is -2.35. The fraction of sp³-hybridized carbons (Fsp3) is 0.579. The number of carbonyl (C=O) groups is 2. The van der Waals surface area contributed by atoms with Crippen molar-refractivity contribution in [1.29, 1.82) is 0 Å². The van der Waals surface area contributed by atoms with Crippen LogP contribution in [-0.2, 0) is 16.1 Å². The van der Waals surface area contributed by atoms with Crippen molar-refractivity contribution in [2.75, 3.05) is 40.1 Å². The number of piperazine rings is 1. The molecule has 8 nitrogen and oxygen atoms in total. The Kier molecular flexibility index (Phi) is 6.05. The smallest absolute Gasteiger partial charge is 0.328 e. The van der Waals surface area contributed by atoms with E-state index in [1.54, 1.807) is 4.90 Å². The number of ether oxygens (including phenoxy) is 3. The quantitative estimate of drug-likeness (QED) is 0.782. The second kappa shape index (κ2) is 8.47. The molecule has 0 saturated carbocycles. The summed E-state index contributed by atoms with van der Waals surface area (Å²) in [6.07, 6.45) is 0. The molecule has 1 unspecified atom stereocenters. The first-order valence-electron chi connectivity index (χ1n) is 9.22. The summed E-state index contributed by atoms with van der Waals surface area (Å²) in [4.78, 5) is 28.3. The van der Waals surface area contributed by atoms with E-state index in [0.29, 0.717) is 13.1 Å². The summed E-state index contributed by atoms with van der Waals surface area (Å²) in [5.74, 6) is 1.12. The van der Waals surface area contributed by atoms with Crippen molar-refractivity contribution in [2.24, 2.45) is 5.92 Å². The summed E-state index contributed by atoms with van der Waals surface area (Å²) < 4.78 is 15.5. The zero-order valence-electron chi connectivity index (χ0n) is 16.1. The molecule has 0 bridgehead atoms. The summed E-state index contributed by atoms with van der Waals surface area (Å²) in [5.41, 5.74) is 1.16. The number of amides is 2. The van der Waals surface area contributed by atoms with Crippen LogP contribution >= 0.6 is 0 Å². The van der Waals surface area contributed by atoms with Crippen LogP contribution in [0.25, 0.3) is 0 Å². The minimum absolute atomic E-state index is 0.0336. The molecular weight excluding hydrogens is 350 g/mol. The second-order valence-corrected chi connectivity index (χ2v) is 7.15. The molecule has 1 saturated heterocycles. The number of rotatable bonds is 5. The average Bonchev–Trinajstić information content (AvgIpc) is 3.13. The Bertz CT molecular complexity index is 686. The number of urea groups is 1. The van der Waals surface area contributed by atoms with Gasteiger partial charge < -0.3 is 24.4 Å². The molecule has 3 rings (SSSR count). The molecule has 27 heavy (non-hydrogen) atoms. The lowest BCUT2D eigenvalue weighted by Crippen LogP contribution is -2.55. The van der Waals surface area contributed by atoms with Gasteiger partial charge in [-0.25, -0.2) is 9.59 Å². The van der Waals surface area contributed by atoms with E-state index < -0.39 is 12.0 Å². The predicted molar refractivity (Wildman–Crippen MR) is 98.6 cm³/mol. The third-order valence-corrected chi connectivity index (χ3v) is 4.90. The maximum Gasteiger partial charge on any atom is 0.328 e. The molecule has 0 spiro atoms. The van der Waals surface area contributed by atoms with E-state index in [1.807, 2.05) is 32.0 Å². The molecule has 0 aromatic heterocycles. The van der Waals surface area contributed by atoms with Gasteiger partial charge in [-0.15, -0.1) is 0 Å². The fourth-order valence-electron chi connectivity index (χ4n) is 3.26. The monoisotopic (exact) mass is 377 g/mol. The first-order valence-corrected chi connectivity index (χ1v) is 9.22. The molecule has 0 radical (unpaired) electrons. The number of methoxy groups -OCH3 is 1. The van der Waals surface area contributed by atoms with Gasteiger partial charge in [-0.3, -0.25) is 4.90 Å². The second-order valence-electron chi connectivity index (χ2n) is 7.15. The molecular formula is C19H27N3O5. The molecule has 2 amide bonds. The minimum atomic E-state index is -0.630. The third-order valence-electron chi connectivity index (χ3n) is 4.90. The zero-order valence-corrected chi connectivity index (χ0v) is 16.1. The van der Waals surface area contributed by atoms with Gasteiger partial charge in [0.2, 0.25) is 6.79 Å². The first kappa shape index (κ1) is 19.3. The summed E-state index contributed by atoms with van der Waals surface area (Å²) in [6.45, 7) is 7.60. The van der Waals surface area contributed by atoms with Crippen molar-refractivity contribution >= 4 is 12.0 Å². The molecule has 1 fully saturated rings. The highest BCUT2D eigenvalue weighted by molar-refractivity contribution is 5.83. The van der Waals surface area contributed by atoms with Gasteiger partial charge in [-0.2, -0.15) is 0 Å². The van der Waals surface area contributed by atoms with Crippen LogP contribution in [0.2, 0.25) is 0 Å². The molecule has 1 N–H and O–H groups in total. The lowest BCUT2D eigenvalue weighted by molar-refractivity contribution is -0.144. The minimum Gasteiger partial charge on any atom is -0.467 e. The molecule has 8 heteroatoms. The molecule has 2 aliphatic rings. The van der Waals surface area contributed by atoms with Gasteiger partial charge in [0.05, 0.1) is 7.11 Å². The van der Waals surface area contributed by atoms with Gasteiger partial charge in [0.25, 0.3) is 0 Å². The largest absolute Gasteiger partial charge is 0.467 e. The van der Waals surface area contributed by atoms with Crippen LogP contribution in [0.3, 0.4) is 0 Å². The molecule has 1 atom stereocenters. The number of esters is 1. The maximum atomic E-state index is 12.5. The van der Waals surface area contributed by atoms with Crippen LogP contribution in [0.15, 0.2) is 18.2 Å². The van der Waals surface area contributed by atoms with Crippen molar-refractivity contribution in [1.82, 2.24) is 15.1 Å². The van der Waals surface area contributed by atoms with E-state index in [1.165, 1.54) is 7.11 Å². The van der Waals surface area contributed by atoms with Crippen molar-refractivity contribution in [3.8, 4) is 11.5 Å². The van der Waals surface area contributed by atoms with Gasteiger partial charge in [0.1, 0.15) is 6.04 Å². The fourth-order valence-corrected chi connectivity index (χ4v) is 3.26. The Morgan fingerprint density at radius 3 is 2.52 bits per heavy atom. The van der Waals surface area contributed by atoms with Crippen LogP contribution < -0.4 is 14.8 Å². The highest BCUT2D eigenvalue weighted by Crippen LogP contribution is 2.32. The van der Waals surface area contributed by atoms with Crippen molar-refractivity contribution < 1.29 is 23.8 Å². The Labute approximate surface area is 159 Å². The maximum absolute atomic E-state index is 12.5. The Hall–Kier alpha value is -2.48. The van der Waals surface area contributed by atoms with Crippen molar-refractivity contribution in [3.63, 3.8) is 0 Å². The summed E-state index contributed by atoms with van der Waals surface area (Å²) in [7, 11) is 1.33. The van der Waals surface area contributed by atoms with Crippen LogP contribution in [0.5, 0.6) is 11.5 Å². The van der Waals surface area contributed by atoms with E-state index in [0.717, 1.165) is 36.7 Å². The van der Waals surface area contributed by atoms with E-state index in [2.05, 4.69) is 10.2 Å². The molecule has 2 aliphatic heterocycles. The van der Waals surface area contributed by atoms with Gasteiger partial charge in [0, 0.05) is 32.7 Å². The van der Waals surface area contributed by atoms with Crippen molar-refractivity contribution in [2.45, 2.75) is 26.4 Å². The van der Waals surface area contributed by atoms with E-state index >= 15 is 0 Å². The number of nitrogens with one attached hydrogen (secondary N) is 1. The van der Waals surface area contributed by atoms with Crippen molar-refractivity contribution in [3.05, 3.63) is 23.8 Å². The van der Waals surface area contributed by atoms with Gasteiger partial charge >= 0.3 is 12.0 Å². The number of benzene rings is 1. The van der Waals surface area contributed by atoms with Crippen LogP contribution in [0.4, 0.5) is 4.79 Å². The van der Waals surface area contributed by atoms with E-state index in [-0.39, 0.29) is 18.7 Å². The Morgan fingerprint density at radius 2 is 1.85 bits per heavy atom. The molecule has 1 aromatic carbocycles. The summed E-state index contributed by atoms with van der Waals surface area (Å²) >= 11 is 0. The number of hydrogen-bond acceptors (Lipinski definition) is 6. The number of hydrogen-bond donors (Lipinski definition) is 1. The Balaban J connectivity index is 1.49. The predicted octanol–water partition coefficient (Wildman–Crippen LogP) is 1.44. The highest BCUT2D eigenvalue weighted by atomic mass is 16.7. The third kappa shape index (κ3) is 4.63. The van der Waals surface area contributed by atoms with Gasteiger partial charge in [-0.1, -0.05) is 19.9 Å². The number of carbonyl (C=O) groups excluding carboxylic acids is 2.